The van der Waals surface area contributed by atoms with Crippen LogP contribution >= 0.6 is 0 Å². The van der Waals surface area contributed by atoms with E-state index in [1.807, 2.05) is 24.4 Å². The lowest BCUT2D eigenvalue weighted by Crippen LogP contribution is -2.35. The molecule has 0 aromatic carbocycles. The van der Waals surface area contributed by atoms with Crippen LogP contribution in [0.5, 0.6) is 0 Å². The maximum atomic E-state index is 5.95. The van der Waals surface area contributed by atoms with Gasteiger partial charge in [-0.25, -0.2) is 0 Å². The third-order valence-corrected chi connectivity index (χ3v) is 2.75. The molecule has 1 fully saturated rings. The maximum absolute atomic E-state index is 5.95. The van der Waals surface area contributed by atoms with Crippen LogP contribution in [-0.4, -0.2) is 24.2 Å². The molecule has 3 heteroatoms. The number of nitrogens with one attached hydrogen (secondary N) is 1. The van der Waals surface area contributed by atoms with Crippen molar-refractivity contribution >= 4 is 0 Å². The van der Waals surface area contributed by atoms with Crippen LogP contribution in [0.2, 0.25) is 0 Å². The summed E-state index contributed by atoms with van der Waals surface area (Å²) in [6, 6.07) is 5.95. The van der Waals surface area contributed by atoms with Crippen molar-refractivity contribution in [3.05, 3.63) is 30.1 Å². The fourth-order valence-electron chi connectivity index (χ4n) is 1.91. The molecule has 2 rings (SSSR count). The van der Waals surface area contributed by atoms with Crippen molar-refractivity contribution in [3.8, 4) is 0 Å². The van der Waals surface area contributed by atoms with Crippen LogP contribution in [0.15, 0.2) is 24.4 Å². The minimum absolute atomic E-state index is 0.0936. The quantitative estimate of drug-likeness (QED) is 0.820. The lowest BCUT2D eigenvalue weighted by atomic mass is 10.1. The zero-order chi connectivity index (χ0) is 10.5. The molecule has 1 aliphatic rings. The first-order valence-corrected chi connectivity index (χ1v) is 5.63. The van der Waals surface area contributed by atoms with Crippen LogP contribution in [0.3, 0.4) is 0 Å². The molecule has 1 aromatic rings. The van der Waals surface area contributed by atoms with Gasteiger partial charge >= 0.3 is 0 Å². The summed E-state index contributed by atoms with van der Waals surface area (Å²) in [6.07, 6.45) is 4.62. The number of pyridine rings is 1. The van der Waals surface area contributed by atoms with Gasteiger partial charge in [-0.15, -0.1) is 0 Å². The molecule has 0 bridgehead atoms. The summed E-state index contributed by atoms with van der Waals surface area (Å²) in [6.45, 7) is 4.16. The van der Waals surface area contributed by atoms with E-state index in [0.29, 0.717) is 6.10 Å². The molecular formula is C12H18N2O. The van der Waals surface area contributed by atoms with Crippen molar-refractivity contribution < 1.29 is 4.74 Å². The van der Waals surface area contributed by atoms with Crippen molar-refractivity contribution in [1.29, 1.82) is 0 Å². The smallest absolute Gasteiger partial charge is 0.0970 e. The largest absolute Gasteiger partial charge is 0.368 e. The van der Waals surface area contributed by atoms with Gasteiger partial charge in [0.2, 0.25) is 0 Å². The molecule has 82 valence electrons. The predicted octanol–water partition coefficient (Wildman–Crippen LogP) is 1.91. The molecule has 15 heavy (non-hydrogen) atoms. The molecule has 1 N–H and O–H groups in total. The second kappa shape index (κ2) is 5.24. The van der Waals surface area contributed by atoms with Gasteiger partial charge in [-0.1, -0.05) is 6.07 Å². The van der Waals surface area contributed by atoms with E-state index in [0.717, 1.165) is 25.2 Å². The zero-order valence-corrected chi connectivity index (χ0v) is 9.15. The Morgan fingerprint density at radius 1 is 1.53 bits per heavy atom. The van der Waals surface area contributed by atoms with E-state index in [2.05, 4.69) is 17.2 Å². The average Bonchev–Trinajstić information content (AvgIpc) is 2.31. The molecule has 0 aliphatic carbocycles. The molecule has 0 spiro atoms. The number of rotatable bonds is 3. The number of hydrogen-bond donors (Lipinski definition) is 1. The van der Waals surface area contributed by atoms with E-state index in [1.165, 1.54) is 6.42 Å². The van der Waals surface area contributed by atoms with Gasteiger partial charge in [0.25, 0.3) is 0 Å². The third-order valence-electron chi connectivity index (χ3n) is 2.75. The summed E-state index contributed by atoms with van der Waals surface area (Å²) in [5, 5.41) is 3.35. The number of hydrogen-bond acceptors (Lipinski definition) is 3. The highest BCUT2D eigenvalue weighted by Gasteiger charge is 2.17. The molecule has 0 unspecified atom stereocenters. The molecule has 1 saturated heterocycles. The first-order valence-electron chi connectivity index (χ1n) is 5.63. The molecule has 2 atom stereocenters. The second-order valence-electron chi connectivity index (χ2n) is 4.00. The maximum Gasteiger partial charge on any atom is 0.0970 e. The van der Waals surface area contributed by atoms with E-state index in [9.17, 15) is 0 Å². The standard InChI is InChI=1S/C12H18N2O/c1-10(12-6-2-3-8-14-12)15-11-5-4-7-13-9-11/h2-3,6,8,10-11,13H,4-5,7,9H2,1H3/t10-,11-/m0/s1. The van der Waals surface area contributed by atoms with Gasteiger partial charge in [-0.05, 0) is 38.4 Å². The van der Waals surface area contributed by atoms with Crippen LogP contribution < -0.4 is 5.32 Å². The topological polar surface area (TPSA) is 34.1 Å². The van der Waals surface area contributed by atoms with Crippen LogP contribution in [0, 0.1) is 0 Å². The SMILES string of the molecule is C[C@H](O[C@H]1CCCNC1)c1ccccn1. The highest BCUT2D eigenvalue weighted by Crippen LogP contribution is 2.18. The average molecular weight is 206 g/mol. The minimum atomic E-state index is 0.0936. The van der Waals surface area contributed by atoms with Crippen LogP contribution in [0.25, 0.3) is 0 Å². The fourth-order valence-corrected chi connectivity index (χ4v) is 1.91. The Kier molecular flexibility index (Phi) is 3.69. The molecule has 2 heterocycles. The highest BCUT2D eigenvalue weighted by molar-refractivity contribution is 5.06. The van der Waals surface area contributed by atoms with Gasteiger partial charge in [0.05, 0.1) is 17.9 Å². The highest BCUT2D eigenvalue weighted by atomic mass is 16.5. The van der Waals surface area contributed by atoms with Gasteiger partial charge in [0.1, 0.15) is 0 Å². The summed E-state index contributed by atoms with van der Waals surface area (Å²) in [5.74, 6) is 0. The number of aromatic nitrogens is 1. The molecule has 0 amide bonds. The number of ether oxygens (including phenoxy) is 1. The van der Waals surface area contributed by atoms with E-state index < -0.39 is 0 Å². The second-order valence-corrected chi connectivity index (χ2v) is 4.00. The first-order chi connectivity index (χ1) is 7.36. The summed E-state index contributed by atoms with van der Waals surface area (Å²) in [7, 11) is 0. The van der Waals surface area contributed by atoms with E-state index in [-0.39, 0.29) is 6.10 Å². The lowest BCUT2D eigenvalue weighted by Gasteiger charge is -2.26. The molecular weight excluding hydrogens is 188 g/mol. The Morgan fingerprint density at radius 2 is 2.47 bits per heavy atom. The Hall–Kier alpha value is -0.930. The molecule has 0 saturated carbocycles. The third kappa shape index (κ3) is 3.01. The van der Waals surface area contributed by atoms with E-state index in [1.54, 1.807) is 0 Å². The molecule has 1 aliphatic heterocycles. The summed E-state index contributed by atoms with van der Waals surface area (Å²) < 4.78 is 5.95. The normalized spacial score (nSPS) is 23.7. The first kappa shape index (κ1) is 10.6. The van der Waals surface area contributed by atoms with Crippen LogP contribution in [-0.2, 0) is 4.74 Å². The van der Waals surface area contributed by atoms with Crippen LogP contribution in [0.1, 0.15) is 31.6 Å². The fraction of sp³-hybridized carbons (Fsp3) is 0.583. The monoisotopic (exact) mass is 206 g/mol. The van der Waals surface area contributed by atoms with E-state index in [4.69, 9.17) is 4.74 Å². The summed E-state index contributed by atoms with van der Waals surface area (Å²) in [5.41, 5.74) is 1.02. The van der Waals surface area contributed by atoms with Crippen LogP contribution in [0.4, 0.5) is 0 Å². The molecule has 0 radical (unpaired) electrons. The van der Waals surface area contributed by atoms with Gasteiger partial charge in [-0.3, -0.25) is 4.98 Å². The minimum Gasteiger partial charge on any atom is -0.368 e. The lowest BCUT2D eigenvalue weighted by molar-refractivity contribution is -0.0169. The Bertz CT molecular complexity index is 283. The van der Waals surface area contributed by atoms with Gasteiger partial charge in [0, 0.05) is 12.7 Å². The van der Waals surface area contributed by atoms with Crippen molar-refractivity contribution in [1.82, 2.24) is 10.3 Å². The van der Waals surface area contributed by atoms with Crippen molar-refractivity contribution in [2.45, 2.75) is 32.0 Å². The van der Waals surface area contributed by atoms with Crippen molar-refractivity contribution in [2.75, 3.05) is 13.1 Å². The Morgan fingerprint density at radius 3 is 3.13 bits per heavy atom. The molecule has 3 nitrogen and oxygen atoms in total. The van der Waals surface area contributed by atoms with Crippen molar-refractivity contribution in [3.63, 3.8) is 0 Å². The van der Waals surface area contributed by atoms with Gasteiger partial charge in [-0.2, -0.15) is 0 Å². The van der Waals surface area contributed by atoms with Gasteiger partial charge < -0.3 is 10.1 Å². The zero-order valence-electron chi connectivity index (χ0n) is 9.15. The Labute approximate surface area is 90.9 Å². The summed E-state index contributed by atoms with van der Waals surface area (Å²) >= 11 is 0. The summed E-state index contributed by atoms with van der Waals surface area (Å²) in [4.78, 5) is 4.30. The molecule has 1 aromatic heterocycles. The van der Waals surface area contributed by atoms with Crippen molar-refractivity contribution in [2.24, 2.45) is 0 Å². The number of piperidine rings is 1. The predicted molar refractivity (Wildman–Crippen MR) is 59.6 cm³/mol. The van der Waals surface area contributed by atoms with E-state index >= 15 is 0 Å². The number of nitrogens with zero attached hydrogens (tertiary/aromatic N) is 1. The van der Waals surface area contributed by atoms with Gasteiger partial charge in [0.15, 0.2) is 0 Å². The Balaban J connectivity index is 1.88.